The van der Waals surface area contributed by atoms with E-state index in [0.29, 0.717) is 0 Å². The average molecular weight is 924 g/mol. The normalized spacial score (nSPS) is 12.3. The van der Waals surface area contributed by atoms with Crippen LogP contribution in [-0.4, -0.2) is 20.9 Å². The molecule has 0 unspecified atom stereocenters. The number of fused-ring (bicyclic) bond motifs is 3. The van der Waals surface area contributed by atoms with Crippen LogP contribution in [0.1, 0.15) is 118 Å². The van der Waals surface area contributed by atoms with Crippen molar-refractivity contribution in [3.05, 3.63) is 144 Å². The molecule has 1 N–H and O–H groups in total. The van der Waals surface area contributed by atoms with Gasteiger partial charge in [0, 0.05) is 48.3 Å². The summed E-state index contributed by atoms with van der Waals surface area (Å²) < 4.78 is 0. The molecule has 0 spiro atoms. The van der Waals surface area contributed by atoms with Crippen LogP contribution < -0.4 is 0 Å². The number of nitrogens with zero attached hydrogens (tertiary/aromatic N) is 2. The molecule has 5 heteroatoms. The van der Waals surface area contributed by atoms with E-state index < -0.39 is 0 Å². The first-order chi connectivity index (χ1) is 26.2. The summed E-state index contributed by atoms with van der Waals surface area (Å²) in [6.07, 6.45) is 4.75. The molecule has 0 aliphatic rings. The molecule has 56 heavy (non-hydrogen) atoms. The van der Waals surface area contributed by atoms with Crippen molar-refractivity contribution in [1.29, 1.82) is 0 Å². The molecule has 1 aromatic heterocycles. The van der Waals surface area contributed by atoms with E-state index in [1.807, 2.05) is 47.6 Å². The summed E-state index contributed by atoms with van der Waals surface area (Å²) in [4.78, 5) is 22.4. The molecule has 0 saturated heterocycles. The van der Waals surface area contributed by atoms with Crippen LogP contribution in [0.4, 0.5) is 0 Å². The van der Waals surface area contributed by atoms with E-state index in [0.717, 1.165) is 59.1 Å². The van der Waals surface area contributed by atoms with E-state index in [2.05, 4.69) is 137 Å². The van der Waals surface area contributed by atoms with Crippen LogP contribution in [0, 0.1) is 16.9 Å². The molecule has 1 radical (unpaired) electrons. The van der Waals surface area contributed by atoms with Crippen LogP contribution in [0.15, 0.2) is 121 Å². The van der Waals surface area contributed by atoms with E-state index in [-0.39, 0.29) is 53.8 Å². The molecule has 1 heterocycles. The molecule has 4 nitrogen and oxygen atoms in total. The Hall–Kier alpha value is -4.44. The first-order valence-corrected chi connectivity index (χ1v) is 20.0. The first-order valence-electron chi connectivity index (χ1n) is 20.0. The summed E-state index contributed by atoms with van der Waals surface area (Å²) in [5.74, 6) is 1.35. The van der Waals surface area contributed by atoms with Crippen LogP contribution in [0.2, 0.25) is 0 Å². The van der Waals surface area contributed by atoms with E-state index in [9.17, 15) is 9.90 Å². The van der Waals surface area contributed by atoms with Gasteiger partial charge in [-0.3, -0.25) is 9.78 Å². The molecule has 0 saturated carbocycles. The Labute approximate surface area is 349 Å². The number of benzene rings is 5. The predicted octanol–water partition coefficient (Wildman–Crippen LogP) is 14.0. The van der Waals surface area contributed by atoms with Gasteiger partial charge in [0.05, 0.1) is 5.52 Å². The van der Waals surface area contributed by atoms with Crippen molar-refractivity contribution in [2.45, 2.75) is 106 Å². The number of ketones is 1. The molecule has 0 bridgehead atoms. The zero-order valence-corrected chi connectivity index (χ0v) is 37.4. The van der Waals surface area contributed by atoms with Crippen LogP contribution in [0.5, 0.6) is 0 Å². The molecule has 0 fully saturated rings. The van der Waals surface area contributed by atoms with Crippen molar-refractivity contribution in [1.82, 2.24) is 9.97 Å². The Balaban J connectivity index is 0.000000330. The maximum absolute atomic E-state index is 12.2. The number of aromatic nitrogens is 2. The number of rotatable bonds is 12. The molecular formula is C51H59IrN2O2-. The second-order valence-electron chi connectivity index (χ2n) is 16.3. The van der Waals surface area contributed by atoms with Gasteiger partial charge in [-0.1, -0.05) is 154 Å². The molecule has 295 valence electrons. The molecule has 0 amide bonds. The van der Waals surface area contributed by atoms with E-state index in [1.54, 1.807) is 0 Å². The van der Waals surface area contributed by atoms with E-state index in [4.69, 9.17) is 9.97 Å². The van der Waals surface area contributed by atoms with Gasteiger partial charge in [0.15, 0.2) is 5.78 Å². The predicted molar refractivity (Wildman–Crippen MR) is 233 cm³/mol. The molecule has 0 aliphatic carbocycles. The maximum atomic E-state index is 12.2. The van der Waals surface area contributed by atoms with E-state index >= 15 is 0 Å². The number of aliphatic hydroxyl groups is 1. The van der Waals surface area contributed by atoms with Gasteiger partial charge in [0.2, 0.25) is 0 Å². The monoisotopic (exact) mass is 924 g/mol. The van der Waals surface area contributed by atoms with Gasteiger partial charge in [-0.25, -0.2) is 4.98 Å². The Morgan fingerprint density at radius 1 is 0.696 bits per heavy atom. The van der Waals surface area contributed by atoms with Gasteiger partial charge in [-0.2, -0.15) is 0 Å². The van der Waals surface area contributed by atoms with Gasteiger partial charge >= 0.3 is 0 Å². The number of aliphatic hydroxyl groups excluding tert-OH is 1. The average Bonchev–Trinajstić information content (AvgIpc) is 3.23. The van der Waals surface area contributed by atoms with Gasteiger partial charge in [0.1, 0.15) is 11.6 Å². The zero-order valence-electron chi connectivity index (χ0n) is 35.0. The standard InChI is InChI=1S/C36H31N2.C15H28O2.Ir/c1-24(2)35-37-33(28-14-11-17-30(23-28)36(3,4)29-15-9-6-10-16-29)32-21-19-27-22-26(25-12-7-5-8-13-25)18-20-31(27)34(32)38-35;1-7-14(5,8-2)12(16)11-13(17)15(6,9-3)10-4;/h5-13,15-24H,1-4H3;11,16H,7-10H2,1-6H3;/q-1;;/b;12-11-;. The summed E-state index contributed by atoms with van der Waals surface area (Å²) in [7, 11) is 0. The second-order valence-corrected chi connectivity index (χ2v) is 16.3. The van der Waals surface area contributed by atoms with E-state index in [1.165, 1.54) is 33.7 Å². The summed E-state index contributed by atoms with van der Waals surface area (Å²) in [5, 5.41) is 13.5. The quantitative estimate of drug-likeness (QED) is 0.0575. The zero-order chi connectivity index (χ0) is 40.0. The minimum atomic E-state index is -0.337. The number of hydrogen-bond acceptors (Lipinski definition) is 4. The summed E-state index contributed by atoms with van der Waals surface area (Å²) in [5.41, 5.74) is 7.14. The van der Waals surface area contributed by atoms with Crippen molar-refractivity contribution >= 4 is 27.5 Å². The Morgan fingerprint density at radius 3 is 1.88 bits per heavy atom. The molecular weight excluding hydrogens is 865 g/mol. The number of carbonyl (C=O) groups excluding carboxylic acids is 1. The number of carbonyl (C=O) groups is 1. The van der Waals surface area contributed by atoms with Crippen molar-refractivity contribution in [2.24, 2.45) is 10.8 Å². The van der Waals surface area contributed by atoms with Gasteiger partial charge in [-0.15, -0.1) is 35.4 Å². The molecule has 5 aromatic carbocycles. The minimum absolute atomic E-state index is 0. The largest absolute Gasteiger partial charge is 0.512 e. The Bertz CT molecular complexity index is 2270. The fraction of sp³-hybridized carbons (Fsp3) is 0.353. The van der Waals surface area contributed by atoms with Crippen molar-refractivity contribution in [2.75, 3.05) is 0 Å². The first kappa shape index (κ1) is 44.3. The molecule has 6 aromatic rings. The Morgan fingerprint density at radius 2 is 1.29 bits per heavy atom. The van der Waals surface area contributed by atoms with Crippen LogP contribution in [0.25, 0.3) is 44.1 Å². The third kappa shape index (κ3) is 9.39. The topological polar surface area (TPSA) is 63.1 Å². The van der Waals surface area contributed by atoms with Gasteiger partial charge in [-0.05, 0) is 70.3 Å². The maximum Gasteiger partial charge on any atom is 0.164 e. The third-order valence-electron chi connectivity index (χ3n) is 12.2. The smallest absolute Gasteiger partial charge is 0.164 e. The Kier molecular flexibility index (Phi) is 14.8. The van der Waals surface area contributed by atoms with Gasteiger partial charge < -0.3 is 5.11 Å². The second kappa shape index (κ2) is 18.7. The van der Waals surface area contributed by atoms with Crippen LogP contribution in [-0.2, 0) is 30.3 Å². The van der Waals surface area contributed by atoms with Crippen molar-refractivity contribution in [3.63, 3.8) is 0 Å². The van der Waals surface area contributed by atoms with Gasteiger partial charge in [0.25, 0.3) is 0 Å². The SMILES string of the molecule is CC(C)c1nc(-c2[c-]ccc(C(C)(C)c3ccccc3)c2)c2ccc3cc(-c4ccccc4)ccc3c2n1.CCC(C)(CC)C(=O)/C=C(\O)C(C)(CC)CC.[Ir]. The fourth-order valence-electron chi connectivity index (χ4n) is 6.91. The molecule has 0 aliphatic heterocycles. The molecule has 0 atom stereocenters. The minimum Gasteiger partial charge on any atom is -0.512 e. The summed E-state index contributed by atoms with van der Waals surface area (Å²) in [6.45, 7) is 20.9. The number of allylic oxidation sites excluding steroid dienone is 2. The number of hydrogen-bond donors (Lipinski definition) is 1. The van der Waals surface area contributed by atoms with Crippen molar-refractivity contribution < 1.29 is 30.0 Å². The molecule has 6 rings (SSSR count). The van der Waals surface area contributed by atoms with Crippen molar-refractivity contribution in [3.8, 4) is 22.4 Å². The summed E-state index contributed by atoms with van der Waals surface area (Å²) in [6, 6.07) is 42.2. The third-order valence-corrected chi connectivity index (χ3v) is 12.2. The van der Waals surface area contributed by atoms with Crippen LogP contribution >= 0.6 is 0 Å². The van der Waals surface area contributed by atoms with Crippen LogP contribution in [0.3, 0.4) is 0 Å². The fourth-order valence-corrected chi connectivity index (χ4v) is 6.91. The summed E-state index contributed by atoms with van der Waals surface area (Å²) >= 11 is 0.